The quantitative estimate of drug-likeness (QED) is 0.469. The normalized spacial score (nSPS) is 9.55. The monoisotopic (exact) mass is 153 g/mol. The molecule has 0 bridgehead atoms. The van der Waals surface area contributed by atoms with Crippen LogP contribution in [0.5, 0.6) is 0 Å². The Bertz CT molecular complexity index is 342. The number of hydrogen-bond donors (Lipinski definition) is 1. The van der Waals surface area contributed by atoms with Crippen molar-refractivity contribution < 1.29 is 4.92 Å². The maximum absolute atomic E-state index is 10.2. The minimum atomic E-state index is -0.567. The van der Waals surface area contributed by atoms with E-state index < -0.39 is 4.92 Å². The van der Waals surface area contributed by atoms with Gasteiger partial charge in [0.2, 0.25) is 5.49 Å². The average Bonchev–Trinajstić information content (AvgIpc) is 1.94. The van der Waals surface area contributed by atoms with E-state index in [0.29, 0.717) is 0 Å². The van der Waals surface area contributed by atoms with Crippen LogP contribution in [0.2, 0.25) is 0 Å². The number of pyridine rings is 1. The van der Waals surface area contributed by atoms with E-state index in [1.165, 1.54) is 16.7 Å². The van der Waals surface area contributed by atoms with Gasteiger partial charge in [0.05, 0.1) is 4.92 Å². The van der Waals surface area contributed by atoms with Crippen LogP contribution in [-0.4, -0.2) is 9.49 Å². The summed E-state index contributed by atoms with van der Waals surface area (Å²) in [7, 11) is 1.59. The Hall–Kier alpha value is -1.65. The maximum atomic E-state index is 10.2. The Kier molecular flexibility index (Phi) is 1.72. The number of rotatable bonds is 1. The number of nitrogens with zero attached hydrogens (tertiary/aromatic N) is 2. The van der Waals surface area contributed by atoms with Gasteiger partial charge in [-0.2, -0.15) is 0 Å². The van der Waals surface area contributed by atoms with Crippen molar-refractivity contribution in [1.29, 1.82) is 5.41 Å². The predicted molar refractivity (Wildman–Crippen MR) is 37.9 cm³/mol. The molecule has 5 nitrogen and oxygen atoms in total. The Morgan fingerprint density at radius 2 is 2.36 bits per heavy atom. The average molecular weight is 153 g/mol. The zero-order valence-electron chi connectivity index (χ0n) is 5.94. The van der Waals surface area contributed by atoms with Crippen molar-refractivity contribution in [2.75, 3.05) is 0 Å². The molecule has 5 heteroatoms. The van der Waals surface area contributed by atoms with Crippen LogP contribution in [0.15, 0.2) is 18.3 Å². The molecule has 58 valence electrons. The van der Waals surface area contributed by atoms with Gasteiger partial charge in [-0.15, -0.1) is 0 Å². The van der Waals surface area contributed by atoms with Crippen LogP contribution < -0.4 is 5.49 Å². The molecular formula is C6H7N3O2. The van der Waals surface area contributed by atoms with E-state index in [4.69, 9.17) is 5.41 Å². The molecule has 0 amide bonds. The molecular weight excluding hydrogens is 146 g/mol. The molecule has 0 aromatic carbocycles. The fourth-order valence-corrected chi connectivity index (χ4v) is 0.745. The summed E-state index contributed by atoms with van der Waals surface area (Å²) in [6.07, 6.45) is 1.59. The number of aromatic nitrogens is 1. The number of aryl methyl sites for hydroxylation is 1. The number of hydrogen-bond acceptors (Lipinski definition) is 3. The fraction of sp³-hybridized carbons (Fsp3) is 0.167. The highest BCUT2D eigenvalue weighted by molar-refractivity contribution is 5.23. The van der Waals surface area contributed by atoms with E-state index in [1.54, 1.807) is 13.2 Å². The molecule has 0 atom stereocenters. The van der Waals surface area contributed by atoms with Gasteiger partial charge in [-0.3, -0.25) is 15.5 Å². The molecule has 0 radical (unpaired) electrons. The summed E-state index contributed by atoms with van der Waals surface area (Å²) in [6, 6.07) is 2.85. The smallest absolute Gasteiger partial charge is 0.311 e. The highest BCUT2D eigenvalue weighted by Crippen LogP contribution is 1.99. The van der Waals surface area contributed by atoms with Crippen molar-refractivity contribution in [3.8, 4) is 0 Å². The molecule has 1 N–H and O–H groups in total. The Morgan fingerprint density at radius 1 is 1.73 bits per heavy atom. The molecule has 1 aromatic rings. The van der Waals surface area contributed by atoms with E-state index in [-0.39, 0.29) is 11.2 Å². The van der Waals surface area contributed by atoms with Crippen molar-refractivity contribution >= 4 is 5.69 Å². The van der Waals surface area contributed by atoms with Crippen LogP contribution in [0.25, 0.3) is 0 Å². The first-order valence-corrected chi connectivity index (χ1v) is 2.97. The Balaban J connectivity index is 3.40. The van der Waals surface area contributed by atoms with Crippen molar-refractivity contribution in [3.63, 3.8) is 0 Å². The van der Waals surface area contributed by atoms with Crippen LogP contribution in [0.3, 0.4) is 0 Å². The first-order valence-electron chi connectivity index (χ1n) is 2.97. The van der Waals surface area contributed by atoms with Gasteiger partial charge in [-0.05, 0) is 6.07 Å². The molecule has 0 saturated carbocycles. The zero-order valence-corrected chi connectivity index (χ0v) is 5.94. The SMILES string of the molecule is Cn1cccc([N+](=O)[O-])c1=N. The minimum Gasteiger partial charge on any atom is -0.331 e. The summed E-state index contributed by atoms with van der Waals surface area (Å²) in [6.45, 7) is 0. The highest BCUT2D eigenvalue weighted by Gasteiger charge is 2.07. The number of nitro groups is 1. The topological polar surface area (TPSA) is 71.9 Å². The molecule has 1 aromatic heterocycles. The first-order chi connectivity index (χ1) is 5.13. The molecule has 0 spiro atoms. The lowest BCUT2D eigenvalue weighted by atomic mass is 10.4. The second-order valence-corrected chi connectivity index (χ2v) is 2.11. The standard InChI is InChI=1S/C6H7N3O2/c1-8-4-2-3-5(6(8)7)9(10)11/h2-4,7H,1H3. The lowest BCUT2D eigenvalue weighted by Gasteiger charge is -1.96. The lowest BCUT2D eigenvalue weighted by Crippen LogP contribution is -2.18. The van der Waals surface area contributed by atoms with E-state index in [0.717, 1.165) is 0 Å². The summed E-state index contributed by atoms with van der Waals surface area (Å²) in [5, 5.41) is 17.5. The van der Waals surface area contributed by atoms with E-state index in [1.807, 2.05) is 0 Å². The molecule has 0 saturated heterocycles. The molecule has 0 unspecified atom stereocenters. The van der Waals surface area contributed by atoms with Gasteiger partial charge in [-0.1, -0.05) is 0 Å². The maximum Gasteiger partial charge on any atom is 0.311 e. The molecule has 0 aliphatic rings. The number of nitrogens with one attached hydrogen (secondary N) is 1. The van der Waals surface area contributed by atoms with Crippen LogP contribution in [0, 0.1) is 15.5 Å². The molecule has 0 aliphatic heterocycles. The zero-order chi connectivity index (χ0) is 8.43. The summed E-state index contributed by atoms with van der Waals surface area (Å²) in [4.78, 5) is 9.68. The van der Waals surface area contributed by atoms with Gasteiger partial charge >= 0.3 is 5.69 Å². The second-order valence-electron chi connectivity index (χ2n) is 2.11. The van der Waals surface area contributed by atoms with E-state index in [2.05, 4.69) is 0 Å². The van der Waals surface area contributed by atoms with Gasteiger partial charge in [0.25, 0.3) is 0 Å². The summed E-state index contributed by atoms with van der Waals surface area (Å²) < 4.78 is 1.39. The van der Waals surface area contributed by atoms with Gasteiger partial charge in [0.15, 0.2) is 0 Å². The predicted octanol–water partition coefficient (Wildman–Crippen LogP) is 0.413. The molecule has 1 heterocycles. The lowest BCUT2D eigenvalue weighted by molar-refractivity contribution is -0.386. The first kappa shape index (κ1) is 7.46. The van der Waals surface area contributed by atoms with Crippen LogP contribution in [0.4, 0.5) is 5.69 Å². The van der Waals surface area contributed by atoms with Gasteiger partial charge < -0.3 is 4.57 Å². The van der Waals surface area contributed by atoms with Crippen LogP contribution in [-0.2, 0) is 7.05 Å². The third kappa shape index (κ3) is 1.26. The fourth-order valence-electron chi connectivity index (χ4n) is 0.745. The molecule has 0 fully saturated rings. The van der Waals surface area contributed by atoms with E-state index in [9.17, 15) is 10.1 Å². The van der Waals surface area contributed by atoms with Gasteiger partial charge in [0, 0.05) is 19.3 Å². The molecule has 0 aliphatic carbocycles. The second kappa shape index (κ2) is 2.53. The minimum absolute atomic E-state index is 0.0856. The van der Waals surface area contributed by atoms with Crippen molar-refractivity contribution in [1.82, 2.24) is 4.57 Å². The summed E-state index contributed by atoms with van der Waals surface area (Å²) >= 11 is 0. The summed E-state index contributed by atoms with van der Waals surface area (Å²) in [5.41, 5.74) is -0.257. The highest BCUT2D eigenvalue weighted by atomic mass is 16.6. The van der Waals surface area contributed by atoms with Crippen LogP contribution >= 0.6 is 0 Å². The Labute approximate surface area is 62.6 Å². The third-order valence-corrected chi connectivity index (χ3v) is 1.36. The largest absolute Gasteiger partial charge is 0.331 e. The Morgan fingerprint density at radius 3 is 2.82 bits per heavy atom. The van der Waals surface area contributed by atoms with Gasteiger partial charge in [0.1, 0.15) is 0 Å². The third-order valence-electron chi connectivity index (χ3n) is 1.36. The molecule has 1 rings (SSSR count). The van der Waals surface area contributed by atoms with Crippen molar-refractivity contribution in [3.05, 3.63) is 33.9 Å². The molecule has 11 heavy (non-hydrogen) atoms. The summed E-state index contributed by atoms with van der Waals surface area (Å²) in [5.74, 6) is 0. The van der Waals surface area contributed by atoms with E-state index >= 15 is 0 Å². The van der Waals surface area contributed by atoms with Crippen LogP contribution in [0.1, 0.15) is 0 Å². The van der Waals surface area contributed by atoms with Crippen molar-refractivity contribution in [2.45, 2.75) is 0 Å². The van der Waals surface area contributed by atoms with Gasteiger partial charge in [-0.25, -0.2) is 0 Å². The van der Waals surface area contributed by atoms with Crippen molar-refractivity contribution in [2.24, 2.45) is 7.05 Å².